The molecule has 190 valence electrons. The van der Waals surface area contributed by atoms with Crippen LogP contribution in [0, 0.1) is 0 Å². The third-order valence-corrected chi connectivity index (χ3v) is 6.61. The lowest BCUT2D eigenvalue weighted by atomic mass is 9.86. The van der Waals surface area contributed by atoms with E-state index in [4.69, 9.17) is 10.5 Å². The minimum atomic E-state index is -2.13. The number of ketones is 1. The Morgan fingerprint density at radius 1 is 1.29 bits per heavy atom. The molecule has 0 aromatic heterocycles. The molecule has 0 radical (unpaired) electrons. The number of hydrogen-bond acceptors (Lipinski definition) is 12. The molecule has 0 aromatic carbocycles. The molecule has 4 aliphatic heterocycles. The van der Waals surface area contributed by atoms with E-state index in [2.05, 4.69) is 27.5 Å². The van der Waals surface area contributed by atoms with Gasteiger partial charge in [-0.2, -0.15) is 0 Å². The van der Waals surface area contributed by atoms with Gasteiger partial charge in [-0.3, -0.25) is 19.3 Å². The molecule has 4 aliphatic rings. The van der Waals surface area contributed by atoms with Gasteiger partial charge in [-0.1, -0.05) is 6.58 Å². The summed E-state index contributed by atoms with van der Waals surface area (Å²) < 4.78 is 5.29. The number of ether oxygens (including phenoxy) is 1. The van der Waals surface area contributed by atoms with E-state index in [-0.39, 0.29) is 50.7 Å². The van der Waals surface area contributed by atoms with Gasteiger partial charge >= 0.3 is 6.09 Å². The predicted molar refractivity (Wildman–Crippen MR) is 120 cm³/mol. The number of imide groups is 1. The molecule has 14 nitrogen and oxygen atoms in total. The summed E-state index contributed by atoms with van der Waals surface area (Å²) in [4.78, 5) is 54.1. The summed E-state index contributed by atoms with van der Waals surface area (Å²) in [5, 5.41) is 29.8. The Morgan fingerprint density at radius 2 is 2.00 bits per heavy atom. The average molecular weight is 492 g/mol. The van der Waals surface area contributed by atoms with E-state index in [1.54, 1.807) is 4.90 Å². The zero-order valence-corrected chi connectivity index (χ0v) is 19.0. The first-order valence-electron chi connectivity index (χ1n) is 11.3. The summed E-state index contributed by atoms with van der Waals surface area (Å²) in [6, 6.07) is -1.39. The molecule has 35 heavy (non-hydrogen) atoms. The largest absolute Gasteiger partial charge is 0.447 e. The van der Waals surface area contributed by atoms with Crippen molar-refractivity contribution in [2.45, 2.75) is 49.2 Å². The van der Waals surface area contributed by atoms with Gasteiger partial charge in [0.25, 0.3) is 11.8 Å². The minimum Gasteiger partial charge on any atom is -0.447 e. The predicted octanol–water partition coefficient (Wildman–Crippen LogP) is -2.81. The highest BCUT2D eigenvalue weighted by atomic mass is 16.5. The van der Waals surface area contributed by atoms with Crippen LogP contribution in [0.5, 0.6) is 0 Å². The van der Waals surface area contributed by atoms with Gasteiger partial charge in [0.1, 0.15) is 18.4 Å². The van der Waals surface area contributed by atoms with Crippen molar-refractivity contribution >= 4 is 29.7 Å². The van der Waals surface area contributed by atoms with Gasteiger partial charge in [0, 0.05) is 51.0 Å². The lowest BCUT2D eigenvalue weighted by Crippen LogP contribution is -2.77. The first-order chi connectivity index (χ1) is 16.5. The summed E-state index contributed by atoms with van der Waals surface area (Å²) in [7, 11) is 0. The Labute approximate surface area is 200 Å². The lowest BCUT2D eigenvalue weighted by molar-refractivity contribution is -0.229. The van der Waals surface area contributed by atoms with Crippen molar-refractivity contribution in [2.75, 3.05) is 26.2 Å². The van der Waals surface area contributed by atoms with Crippen LogP contribution in [0.1, 0.15) is 25.7 Å². The summed E-state index contributed by atoms with van der Waals surface area (Å²) in [5.74, 6) is -2.67. The second-order valence-electron chi connectivity index (χ2n) is 8.85. The zero-order valence-electron chi connectivity index (χ0n) is 19.0. The van der Waals surface area contributed by atoms with E-state index in [1.165, 1.54) is 12.2 Å². The average Bonchev–Trinajstić information content (AvgIpc) is 3.41. The van der Waals surface area contributed by atoms with E-state index >= 15 is 0 Å². The fourth-order valence-electron chi connectivity index (χ4n) is 4.90. The van der Waals surface area contributed by atoms with Crippen molar-refractivity contribution < 1.29 is 34.1 Å². The number of amides is 3. The highest BCUT2D eigenvalue weighted by molar-refractivity contribution is 6.13. The third kappa shape index (κ3) is 4.41. The van der Waals surface area contributed by atoms with Crippen LogP contribution in [0.4, 0.5) is 4.79 Å². The number of alkyl carbamates (subject to hydrolysis) is 1. The number of nitrogens with two attached hydrogens (primary N) is 1. The quantitative estimate of drug-likeness (QED) is 0.110. The number of guanidine groups is 1. The molecule has 2 saturated heterocycles. The van der Waals surface area contributed by atoms with Gasteiger partial charge in [-0.05, 0) is 6.42 Å². The van der Waals surface area contributed by atoms with Crippen molar-refractivity contribution in [3.63, 3.8) is 0 Å². The smallest absolute Gasteiger partial charge is 0.407 e. The number of aliphatic hydroxyl groups is 2. The maximum absolute atomic E-state index is 12.2. The fraction of sp³-hybridized carbons (Fsp3) is 0.571. The molecule has 0 aliphatic carbocycles. The molecule has 0 saturated carbocycles. The van der Waals surface area contributed by atoms with Gasteiger partial charge in [-0.15, -0.1) is 0 Å². The van der Waals surface area contributed by atoms with E-state index < -0.39 is 41.4 Å². The molecular weight excluding hydrogens is 462 g/mol. The number of Topliss-reactive ketones (excluding diaryl/α,β-unsaturated/α-hetero) is 1. The highest BCUT2D eigenvalue weighted by Gasteiger charge is 2.69. The number of carbonyl (C=O) groups is 4. The van der Waals surface area contributed by atoms with Crippen LogP contribution in [0.25, 0.3) is 0 Å². The van der Waals surface area contributed by atoms with Crippen LogP contribution in [-0.4, -0.2) is 99.4 Å². The zero-order chi connectivity index (χ0) is 25.4. The number of nitrogens with zero attached hydrogens (tertiary/aromatic N) is 3. The van der Waals surface area contributed by atoms with Crippen LogP contribution >= 0.6 is 0 Å². The second-order valence-corrected chi connectivity index (χ2v) is 8.85. The molecule has 2 fully saturated rings. The molecule has 3 atom stereocenters. The number of rotatable bonds is 9. The second kappa shape index (κ2) is 9.19. The first kappa shape index (κ1) is 24.5. The molecule has 7 N–H and O–H groups in total. The number of nitrogens with one attached hydrogen (secondary N) is 3. The Balaban J connectivity index is 1.20. The first-order valence-corrected chi connectivity index (χ1v) is 11.3. The maximum Gasteiger partial charge on any atom is 0.407 e. The van der Waals surface area contributed by atoms with E-state index in [9.17, 15) is 29.4 Å². The van der Waals surface area contributed by atoms with Crippen molar-refractivity contribution in [3.05, 3.63) is 24.6 Å². The van der Waals surface area contributed by atoms with E-state index in [0.717, 1.165) is 4.90 Å². The van der Waals surface area contributed by atoms with E-state index in [1.807, 2.05) is 0 Å². The molecule has 14 heteroatoms. The monoisotopic (exact) mass is 491 g/mol. The number of hydrogen-bond donors (Lipinski definition) is 6. The van der Waals surface area contributed by atoms with Crippen molar-refractivity contribution in [1.29, 1.82) is 0 Å². The molecule has 1 spiro atoms. The van der Waals surface area contributed by atoms with Crippen molar-refractivity contribution in [2.24, 2.45) is 10.7 Å². The summed E-state index contributed by atoms with van der Waals surface area (Å²) in [6.45, 7) is 4.32. The lowest BCUT2D eigenvalue weighted by Gasteiger charge is -2.51. The molecule has 4 rings (SSSR count). The normalized spacial score (nSPS) is 28.3. The number of aliphatic imine (C=N–C) groups is 1. The van der Waals surface area contributed by atoms with Gasteiger partial charge in [0.2, 0.25) is 5.79 Å². The van der Waals surface area contributed by atoms with Crippen LogP contribution < -0.4 is 21.7 Å². The topological polar surface area (TPSA) is 199 Å². The molecule has 0 bridgehead atoms. The van der Waals surface area contributed by atoms with E-state index in [0.29, 0.717) is 18.8 Å². The minimum absolute atomic E-state index is 0.0313. The summed E-state index contributed by atoms with van der Waals surface area (Å²) in [5.41, 5.74) is 4.44. The van der Waals surface area contributed by atoms with Crippen LogP contribution in [0.3, 0.4) is 0 Å². The van der Waals surface area contributed by atoms with Crippen molar-refractivity contribution in [3.8, 4) is 0 Å². The molecular formula is C21H29N7O7. The molecule has 4 heterocycles. The number of carbonyl (C=O) groups excluding carboxylic acids is 4. The fourth-order valence-corrected chi connectivity index (χ4v) is 4.90. The van der Waals surface area contributed by atoms with Crippen LogP contribution in [0.15, 0.2) is 29.5 Å². The Kier molecular flexibility index (Phi) is 6.42. The van der Waals surface area contributed by atoms with Gasteiger partial charge in [0.05, 0.1) is 11.9 Å². The maximum atomic E-state index is 12.2. The molecule has 0 aromatic rings. The Morgan fingerprint density at radius 3 is 2.71 bits per heavy atom. The standard InChI is InChI=1S/C21H29N7O7/c1-12-24-14(17-21(26-18(22)25-17)20(33,34)7-10-28(12)21)11-35-19(32)23-8-2-3-13(29)6-9-27-15(30)4-5-16(27)31/h4-5,14,17,24,33-34H,1-3,6-11H2,(H,23,32)(H3,22,25,26). The Hall–Kier alpha value is -3.65. The van der Waals surface area contributed by atoms with Gasteiger partial charge < -0.3 is 41.5 Å². The van der Waals surface area contributed by atoms with Gasteiger partial charge in [0.15, 0.2) is 11.6 Å². The van der Waals surface area contributed by atoms with Crippen molar-refractivity contribution in [1.82, 2.24) is 25.8 Å². The molecule has 3 amide bonds. The van der Waals surface area contributed by atoms with Crippen LogP contribution in [0.2, 0.25) is 0 Å². The molecule has 3 unspecified atom stereocenters. The summed E-state index contributed by atoms with van der Waals surface area (Å²) in [6.07, 6.45) is 2.25. The SMILES string of the molecule is C=C1NC(COC(=O)NCCCC(=O)CCN2C(=O)C=CC2=O)C2N=C(N)NC23N1CCC3(O)O. The Bertz CT molecular complexity index is 992. The third-order valence-electron chi connectivity index (χ3n) is 6.61. The summed E-state index contributed by atoms with van der Waals surface area (Å²) >= 11 is 0. The highest BCUT2D eigenvalue weighted by Crippen LogP contribution is 2.45. The van der Waals surface area contributed by atoms with Gasteiger partial charge in [-0.25, -0.2) is 9.79 Å². The van der Waals surface area contributed by atoms with Crippen LogP contribution in [-0.2, 0) is 19.1 Å².